The van der Waals surface area contributed by atoms with Gasteiger partial charge in [-0.15, -0.1) is 0 Å². The summed E-state index contributed by atoms with van der Waals surface area (Å²) in [4.78, 5) is 0.422. The molecule has 0 N–H and O–H groups in total. The van der Waals surface area contributed by atoms with Crippen LogP contribution in [0.3, 0.4) is 0 Å². The number of benzene rings is 2. The van der Waals surface area contributed by atoms with Crippen molar-refractivity contribution >= 4 is 9.84 Å². The van der Waals surface area contributed by atoms with Crippen molar-refractivity contribution in [2.45, 2.75) is 24.7 Å². The lowest BCUT2D eigenvalue weighted by molar-refractivity contribution is 0.593. The van der Waals surface area contributed by atoms with Gasteiger partial charge in [0.05, 0.1) is 10.6 Å². The van der Waals surface area contributed by atoms with Crippen molar-refractivity contribution in [2.24, 2.45) is 0 Å². The molecule has 0 aliphatic carbocycles. The van der Waals surface area contributed by atoms with E-state index in [0.29, 0.717) is 11.3 Å². The molecule has 19 heavy (non-hydrogen) atoms. The average Bonchev–Trinajstić information content (AvgIpc) is 2.40. The van der Waals surface area contributed by atoms with Crippen LogP contribution in [0.25, 0.3) is 0 Å². The molecule has 0 spiro atoms. The first-order valence-electron chi connectivity index (χ1n) is 6.41. The highest BCUT2D eigenvalue weighted by molar-refractivity contribution is 7.91. The van der Waals surface area contributed by atoms with Crippen LogP contribution < -0.4 is 0 Å². The number of rotatable bonds is 5. The maximum Gasteiger partial charge on any atom is 0.178 e. The summed E-state index contributed by atoms with van der Waals surface area (Å²) in [6, 6.07) is 17.0. The minimum atomic E-state index is -3.15. The molecule has 0 atom stereocenters. The molecule has 0 bridgehead atoms. The highest BCUT2D eigenvalue weighted by atomic mass is 32.2. The van der Waals surface area contributed by atoms with Gasteiger partial charge >= 0.3 is 0 Å². The van der Waals surface area contributed by atoms with Crippen molar-refractivity contribution in [1.29, 1.82) is 0 Å². The molecule has 0 amide bonds. The lowest BCUT2D eigenvalue weighted by atomic mass is 10.1. The lowest BCUT2D eigenvalue weighted by Gasteiger charge is -2.05. The fourth-order valence-electron chi connectivity index (χ4n) is 1.97. The van der Waals surface area contributed by atoms with E-state index in [9.17, 15) is 8.42 Å². The van der Waals surface area contributed by atoms with Gasteiger partial charge in [-0.1, -0.05) is 48.0 Å². The minimum absolute atomic E-state index is 0.199. The Bertz CT molecular complexity index is 614. The van der Waals surface area contributed by atoms with E-state index in [0.717, 1.165) is 12.0 Å². The first-order chi connectivity index (χ1) is 9.08. The van der Waals surface area contributed by atoms with Crippen LogP contribution in [-0.4, -0.2) is 14.2 Å². The summed E-state index contributed by atoms with van der Waals surface area (Å²) in [5.74, 6) is 0.199. The van der Waals surface area contributed by atoms with Crippen molar-refractivity contribution < 1.29 is 8.42 Å². The first kappa shape index (κ1) is 13.8. The van der Waals surface area contributed by atoms with E-state index in [1.54, 1.807) is 12.1 Å². The largest absolute Gasteiger partial charge is 0.224 e. The topological polar surface area (TPSA) is 34.1 Å². The van der Waals surface area contributed by atoms with Crippen LogP contribution in [0.15, 0.2) is 59.5 Å². The Morgan fingerprint density at radius 1 is 0.895 bits per heavy atom. The second-order valence-corrected chi connectivity index (χ2v) is 6.83. The van der Waals surface area contributed by atoms with Crippen LogP contribution >= 0.6 is 0 Å². The predicted molar refractivity (Wildman–Crippen MR) is 78.0 cm³/mol. The second kappa shape index (κ2) is 6.02. The van der Waals surface area contributed by atoms with Gasteiger partial charge in [-0.25, -0.2) is 8.42 Å². The highest BCUT2D eigenvalue weighted by Crippen LogP contribution is 2.14. The Morgan fingerprint density at radius 2 is 1.53 bits per heavy atom. The van der Waals surface area contributed by atoms with E-state index < -0.39 is 9.84 Å². The Morgan fingerprint density at radius 3 is 2.16 bits per heavy atom. The summed E-state index contributed by atoms with van der Waals surface area (Å²) in [6.07, 6.45) is 1.45. The molecule has 0 aromatic heterocycles. The summed E-state index contributed by atoms with van der Waals surface area (Å²) >= 11 is 0. The monoisotopic (exact) mass is 274 g/mol. The van der Waals surface area contributed by atoms with Crippen LogP contribution in [0.4, 0.5) is 0 Å². The van der Waals surface area contributed by atoms with Gasteiger partial charge < -0.3 is 0 Å². The number of hydrogen-bond donors (Lipinski definition) is 0. The summed E-state index contributed by atoms with van der Waals surface area (Å²) < 4.78 is 24.3. The zero-order valence-electron chi connectivity index (χ0n) is 11.0. The molecule has 2 aromatic rings. The molecule has 0 aliphatic heterocycles. The zero-order chi connectivity index (χ0) is 13.7. The molecule has 2 rings (SSSR count). The number of hydrogen-bond acceptors (Lipinski definition) is 2. The fraction of sp³-hybridized carbons (Fsp3) is 0.250. The van der Waals surface area contributed by atoms with Gasteiger partial charge in [-0.2, -0.15) is 0 Å². The summed E-state index contributed by atoms with van der Waals surface area (Å²) in [5, 5.41) is 0. The highest BCUT2D eigenvalue weighted by Gasteiger charge is 2.13. The predicted octanol–water partition coefficient (Wildman–Crippen LogP) is 3.40. The summed E-state index contributed by atoms with van der Waals surface area (Å²) in [6.45, 7) is 1.95. The van der Waals surface area contributed by atoms with Crippen molar-refractivity contribution in [1.82, 2.24) is 0 Å². The minimum Gasteiger partial charge on any atom is -0.224 e. The van der Waals surface area contributed by atoms with Gasteiger partial charge in [-0.3, -0.25) is 0 Å². The van der Waals surface area contributed by atoms with Gasteiger partial charge in [0.15, 0.2) is 9.84 Å². The van der Waals surface area contributed by atoms with Crippen LogP contribution in [0.2, 0.25) is 0 Å². The van der Waals surface area contributed by atoms with Crippen LogP contribution in [0, 0.1) is 6.92 Å². The SMILES string of the molecule is Cc1ccc(S(=O)(=O)CCCc2ccccc2)cc1. The molecule has 0 radical (unpaired) electrons. The number of aryl methyl sites for hydroxylation is 2. The van der Waals surface area contributed by atoms with Gasteiger partial charge in [0, 0.05) is 0 Å². The fourth-order valence-corrected chi connectivity index (χ4v) is 3.29. The van der Waals surface area contributed by atoms with E-state index in [2.05, 4.69) is 0 Å². The maximum atomic E-state index is 12.1. The molecule has 0 saturated heterocycles. The Labute approximate surface area is 115 Å². The Hall–Kier alpha value is -1.61. The van der Waals surface area contributed by atoms with Crippen LogP contribution in [-0.2, 0) is 16.3 Å². The third kappa shape index (κ3) is 3.93. The molecular weight excluding hydrogens is 256 g/mol. The van der Waals surface area contributed by atoms with Crippen LogP contribution in [0.5, 0.6) is 0 Å². The van der Waals surface area contributed by atoms with Gasteiger partial charge in [0.2, 0.25) is 0 Å². The van der Waals surface area contributed by atoms with E-state index in [1.807, 2.05) is 49.4 Å². The van der Waals surface area contributed by atoms with E-state index >= 15 is 0 Å². The molecule has 2 nitrogen and oxygen atoms in total. The Balaban J connectivity index is 1.97. The molecule has 2 aromatic carbocycles. The molecule has 0 unspecified atom stereocenters. The van der Waals surface area contributed by atoms with E-state index in [-0.39, 0.29) is 5.75 Å². The third-order valence-electron chi connectivity index (χ3n) is 3.10. The van der Waals surface area contributed by atoms with Crippen molar-refractivity contribution in [3.05, 3.63) is 65.7 Å². The second-order valence-electron chi connectivity index (χ2n) is 4.72. The maximum absolute atomic E-state index is 12.1. The molecule has 0 heterocycles. The standard InChI is InChI=1S/C16H18O2S/c1-14-9-11-16(12-10-14)19(17,18)13-5-8-15-6-3-2-4-7-15/h2-4,6-7,9-12H,5,8,13H2,1H3. The van der Waals surface area contributed by atoms with Gasteiger partial charge in [0.1, 0.15) is 0 Å². The number of sulfone groups is 1. The Kier molecular flexibility index (Phi) is 4.38. The first-order valence-corrected chi connectivity index (χ1v) is 8.06. The van der Waals surface area contributed by atoms with E-state index in [1.165, 1.54) is 5.56 Å². The average molecular weight is 274 g/mol. The molecule has 3 heteroatoms. The third-order valence-corrected chi connectivity index (χ3v) is 4.92. The van der Waals surface area contributed by atoms with Gasteiger partial charge in [-0.05, 0) is 37.5 Å². The van der Waals surface area contributed by atoms with Gasteiger partial charge in [0.25, 0.3) is 0 Å². The normalized spacial score (nSPS) is 11.4. The summed E-state index contributed by atoms with van der Waals surface area (Å²) in [5.41, 5.74) is 2.25. The molecule has 0 aliphatic rings. The molecule has 100 valence electrons. The zero-order valence-corrected chi connectivity index (χ0v) is 11.9. The van der Waals surface area contributed by atoms with E-state index in [4.69, 9.17) is 0 Å². The lowest BCUT2D eigenvalue weighted by Crippen LogP contribution is -2.07. The quantitative estimate of drug-likeness (QED) is 0.837. The smallest absolute Gasteiger partial charge is 0.178 e. The molecular formula is C16H18O2S. The molecule has 0 fully saturated rings. The van der Waals surface area contributed by atoms with Crippen LogP contribution in [0.1, 0.15) is 17.5 Å². The van der Waals surface area contributed by atoms with Crippen molar-refractivity contribution in [3.8, 4) is 0 Å². The summed E-state index contributed by atoms with van der Waals surface area (Å²) in [7, 11) is -3.15. The van der Waals surface area contributed by atoms with Crippen molar-refractivity contribution in [3.63, 3.8) is 0 Å². The molecule has 0 saturated carbocycles. The van der Waals surface area contributed by atoms with Crippen molar-refractivity contribution in [2.75, 3.05) is 5.75 Å².